The Balaban J connectivity index is 4.01. The molecule has 0 fully saturated rings. The highest BCUT2D eigenvalue weighted by Gasteiger charge is 2.21. The van der Waals surface area contributed by atoms with E-state index in [2.05, 4.69) is 0 Å². The van der Waals surface area contributed by atoms with E-state index >= 15 is 0 Å². The fraction of sp³-hybridized carbons (Fsp3) is 1.00. The third kappa shape index (κ3) is 6.01. The van der Waals surface area contributed by atoms with Crippen LogP contribution in [-0.4, -0.2) is 37.2 Å². The van der Waals surface area contributed by atoms with Crippen LogP contribution in [0, 0.1) is 0 Å². The molecule has 0 aromatic carbocycles. The molecule has 0 aromatic heterocycles. The molecular formula is C8H19NO3S. The quantitative estimate of drug-likeness (QED) is 0.640. The summed E-state index contributed by atoms with van der Waals surface area (Å²) >= 11 is 0. The summed E-state index contributed by atoms with van der Waals surface area (Å²) in [6, 6.07) is 0. The maximum absolute atomic E-state index is 11.1. The number of hydrogen-bond acceptors (Lipinski definition) is 4. The number of nitrogens with two attached hydrogens (primary N) is 1. The molecule has 13 heavy (non-hydrogen) atoms. The molecule has 0 aliphatic heterocycles. The standard InChI is InChI=1S/C8H19NO3S/c1-3-13(11,12)7-5-8(2,10)4-6-9/h10H,3-7,9H2,1-2H3. The summed E-state index contributed by atoms with van der Waals surface area (Å²) in [6.07, 6.45) is 0.701. The lowest BCUT2D eigenvalue weighted by Gasteiger charge is -2.21. The monoisotopic (exact) mass is 209 g/mol. The van der Waals surface area contributed by atoms with Gasteiger partial charge in [0.25, 0.3) is 0 Å². The molecule has 0 aromatic rings. The zero-order valence-corrected chi connectivity index (χ0v) is 9.10. The van der Waals surface area contributed by atoms with Gasteiger partial charge in [0.2, 0.25) is 0 Å². The second-order valence-corrected chi connectivity index (χ2v) is 5.99. The summed E-state index contributed by atoms with van der Waals surface area (Å²) in [4.78, 5) is 0. The number of rotatable bonds is 6. The van der Waals surface area contributed by atoms with Gasteiger partial charge in [0.05, 0.1) is 11.4 Å². The highest BCUT2D eigenvalue weighted by Crippen LogP contribution is 2.14. The average Bonchev–Trinajstić information content (AvgIpc) is 2.02. The van der Waals surface area contributed by atoms with E-state index in [4.69, 9.17) is 5.73 Å². The summed E-state index contributed by atoms with van der Waals surface area (Å²) < 4.78 is 22.2. The zero-order chi connectivity index (χ0) is 10.5. The first-order valence-electron chi connectivity index (χ1n) is 4.46. The Labute approximate surface area is 80.1 Å². The number of sulfone groups is 1. The van der Waals surface area contributed by atoms with E-state index in [9.17, 15) is 13.5 Å². The molecule has 0 spiro atoms. The first-order valence-corrected chi connectivity index (χ1v) is 6.28. The summed E-state index contributed by atoms with van der Waals surface area (Å²) in [5.74, 6) is 0.169. The molecule has 0 aliphatic carbocycles. The summed E-state index contributed by atoms with van der Waals surface area (Å²) in [5.41, 5.74) is 4.33. The van der Waals surface area contributed by atoms with Gasteiger partial charge >= 0.3 is 0 Å². The van der Waals surface area contributed by atoms with Gasteiger partial charge in [-0.25, -0.2) is 8.42 Å². The molecule has 4 nitrogen and oxygen atoms in total. The van der Waals surface area contributed by atoms with Gasteiger partial charge in [0.1, 0.15) is 9.84 Å². The minimum absolute atomic E-state index is 0.0382. The number of hydrogen-bond donors (Lipinski definition) is 2. The Bertz CT molecular complexity index is 234. The van der Waals surface area contributed by atoms with Crippen molar-refractivity contribution in [2.24, 2.45) is 5.73 Å². The molecule has 80 valence electrons. The van der Waals surface area contributed by atoms with Gasteiger partial charge in [-0.1, -0.05) is 6.92 Å². The minimum Gasteiger partial charge on any atom is -0.390 e. The third-order valence-electron chi connectivity index (χ3n) is 2.07. The lowest BCUT2D eigenvalue weighted by molar-refractivity contribution is 0.0503. The van der Waals surface area contributed by atoms with Crippen LogP contribution in [0.3, 0.4) is 0 Å². The van der Waals surface area contributed by atoms with Crippen LogP contribution >= 0.6 is 0 Å². The third-order valence-corrected chi connectivity index (χ3v) is 3.78. The molecule has 0 radical (unpaired) electrons. The Kier molecular flexibility index (Phi) is 4.88. The van der Waals surface area contributed by atoms with Gasteiger partial charge in [-0.05, 0) is 26.3 Å². The van der Waals surface area contributed by atoms with Gasteiger partial charge in [-0.2, -0.15) is 0 Å². The molecule has 0 amide bonds. The highest BCUT2D eigenvalue weighted by molar-refractivity contribution is 7.91. The van der Waals surface area contributed by atoms with Gasteiger partial charge in [0, 0.05) is 5.75 Å². The SMILES string of the molecule is CCS(=O)(=O)CCC(C)(O)CCN. The molecule has 0 rings (SSSR count). The lowest BCUT2D eigenvalue weighted by Crippen LogP contribution is -2.30. The Morgan fingerprint density at radius 1 is 1.38 bits per heavy atom. The molecule has 0 saturated carbocycles. The molecule has 0 aliphatic rings. The van der Waals surface area contributed by atoms with Crippen LogP contribution in [0.25, 0.3) is 0 Å². The first kappa shape index (κ1) is 12.9. The van der Waals surface area contributed by atoms with Crippen LogP contribution in [0.5, 0.6) is 0 Å². The van der Waals surface area contributed by atoms with Crippen LogP contribution in [-0.2, 0) is 9.84 Å². The average molecular weight is 209 g/mol. The fourth-order valence-corrected chi connectivity index (χ4v) is 2.00. The van der Waals surface area contributed by atoms with E-state index in [1.165, 1.54) is 0 Å². The van der Waals surface area contributed by atoms with Crippen molar-refractivity contribution in [3.63, 3.8) is 0 Å². The normalized spacial score (nSPS) is 16.9. The molecule has 0 bridgehead atoms. The van der Waals surface area contributed by atoms with Crippen molar-refractivity contribution in [3.05, 3.63) is 0 Å². The van der Waals surface area contributed by atoms with Crippen molar-refractivity contribution in [2.75, 3.05) is 18.1 Å². The largest absolute Gasteiger partial charge is 0.390 e. The van der Waals surface area contributed by atoms with Gasteiger partial charge in [-0.15, -0.1) is 0 Å². The highest BCUT2D eigenvalue weighted by atomic mass is 32.2. The van der Waals surface area contributed by atoms with Crippen molar-refractivity contribution >= 4 is 9.84 Å². The molecule has 0 heterocycles. The van der Waals surface area contributed by atoms with Crippen LogP contribution in [0.1, 0.15) is 26.7 Å². The van der Waals surface area contributed by atoms with Crippen LogP contribution in [0.4, 0.5) is 0 Å². The van der Waals surface area contributed by atoms with E-state index in [0.29, 0.717) is 13.0 Å². The zero-order valence-electron chi connectivity index (χ0n) is 8.28. The second-order valence-electron chi connectivity index (χ2n) is 3.52. The van der Waals surface area contributed by atoms with E-state index in [1.54, 1.807) is 13.8 Å². The van der Waals surface area contributed by atoms with Crippen LogP contribution in [0.2, 0.25) is 0 Å². The summed E-state index contributed by atoms with van der Waals surface area (Å²) in [6.45, 7) is 3.59. The Hall–Kier alpha value is -0.130. The predicted molar refractivity (Wildman–Crippen MR) is 53.2 cm³/mol. The molecule has 3 N–H and O–H groups in total. The van der Waals surface area contributed by atoms with Crippen molar-refractivity contribution in [1.29, 1.82) is 0 Å². The molecule has 5 heteroatoms. The second kappa shape index (κ2) is 4.93. The maximum atomic E-state index is 11.1. The number of aliphatic hydroxyl groups is 1. The maximum Gasteiger partial charge on any atom is 0.150 e. The van der Waals surface area contributed by atoms with Crippen molar-refractivity contribution in [3.8, 4) is 0 Å². The molecule has 1 unspecified atom stereocenters. The van der Waals surface area contributed by atoms with Crippen molar-refractivity contribution < 1.29 is 13.5 Å². The topological polar surface area (TPSA) is 80.4 Å². The lowest BCUT2D eigenvalue weighted by atomic mass is 10.00. The van der Waals surface area contributed by atoms with Crippen molar-refractivity contribution in [1.82, 2.24) is 0 Å². The summed E-state index contributed by atoms with van der Waals surface area (Å²) in [5, 5.41) is 9.63. The molecule has 1 atom stereocenters. The predicted octanol–water partition coefficient (Wildman–Crippen LogP) is -0.0890. The minimum atomic E-state index is -2.97. The molecular weight excluding hydrogens is 190 g/mol. The van der Waals surface area contributed by atoms with Gasteiger partial charge in [-0.3, -0.25) is 0 Å². The van der Waals surface area contributed by atoms with E-state index in [-0.39, 0.29) is 17.9 Å². The van der Waals surface area contributed by atoms with Crippen LogP contribution in [0.15, 0.2) is 0 Å². The van der Waals surface area contributed by atoms with Gasteiger partial charge < -0.3 is 10.8 Å². The first-order chi connectivity index (χ1) is 5.83. The van der Waals surface area contributed by atoms with Crippen molar-refractivity contribution in [2.45, 2.75) is 32.3 Å². The van der Waals surface area contributed by atoms with E-state index < -0.39 is 15.4 Å². The van der Waals surface area contributed by atoms with Crippen LogP contribution < -0.4 is 5.73 Å². The Morgan fingerprint density at radius 2 is 1.92 bits per heavy atom. The smallest absolute Gasteiger partial charge is 0.150 e. The van der Waals surface area contributed by atoms with Gasteiger partial charge in [0.15, 0.2) is 0 Å². The van der Waals surface area contributed by atoms with E-state index in [0.717, 1.165) is 0 Å². The fourth-order valence-electron chi connectivity index (χ4n) is 0.956. The Morgan fingerprint density at radius 3 is 2.31 bits per heavy atom. The van der Waals surface area contributed by atoms with E-state index in [1.807, 2.05) is 0 Å². The molecule has 0 saturated heterocycles. The summed E-state index contributed by atoms with van der Waals surface area (Å²) in [7, 11) is -2.97.